The van der Waals surface area contributed by atoms with Crippen molar-refractivity contribution in [2.45, 2.75) is 46.1 Å². The number of thiophene rings is 1. The smallest absolute Gasteiger partial charge is 0.147 e. The molecule has 0 aromatic carbocycles. The maximum Gasteiger partial charge on any atom is 0.147 e. The predicted octanol–water partition coefficient (Wildman–Crippen LogP) is 5.13. The summed E-state index contributed by atoms with van der Waals surface area (Å²) in [5.74, 6) is 2.36. The fourth-order valence-corrected chi connectivity index (χ4v) is 5.19. The van der Waals surface area contributed by atoms with Gasteiger partial charge in [-0.15, -0.1) is 11.3 Å². The first-order chi connectivity index (χ1) is 13.2. The third-order valence-corrected chi connectivity index (χ3v) is 6.25. The molecule has 1 aliphatic carbocycles. The van der Waals surface area contributed by atoms with E-state index in [-0.39, 0.29) is 0 Å². The van der Waals surface area contributed by atoms with Gasteiger partial charge in [-0.1, -0.05) is 13.8 Å². The zero-order chi connectivity index (χ0) is 18.4. The summed E-state index contributed by atoms with van der Waals surface area (Å²) in [5.41, 5.74) is 5.26. The molecule has 4 aromatic heterocycles. The third-order valence-electron chi connectivity index (χ3n) is 5.17. The lowest BCUT2D eigenvalue weighted by atomic mass is 9.99. The molecule has 4 aromatic rings. The number of aryl methyl sites for hydroxylation is 1. The zero-order valence-corrected chi connectivity index (χ0v) is 16.4. The van der Waals surface area contributed by atoms with E-state index in [1.54, 1.807) is 23.9 Å². The average Bonchev–Trinajstić information content (AvgIpc) is 3.37. The summed E-state index contributed by atoms with van der Waals surface area (Å²) in [7, 11) is 0. The summed E-state index contributed by atoms with van der Waals surface area (Å²) in [6.45, 7) is 5.14. The Balaban J connectivity index is 1.64. The SMILES string of the molecule is CC(C)Cc1nc2sc3c(NCc4ccco4)ncnc3c2c2c1CCC2. The molecule has 1 aliphatic rings. The number of aromatic nitrogens is 3. The van der Waals surface area contributed by atoms with Gasteiger partial charge in [-0.3, -0.25) is 0 Å². The van der Waals surface area contributed by atoms with E-state index in [2.05, 4.69) is 29.1 Å². The van der Waals surface area contributed by atoms with Crippen molar-refractivity contribution in [3.63, 3.8) is 0 Å². The summed E-state index contributed by atoms with van der Waals surface area (Å²) in [6, 6.07) is 3.86. The summed E-state index contributed by atoms with van der Waals surface area (Å²) < 4.78 is 6.51. The van der Waals surface area contributed by atoms with Crippen LogP contribution in [0.4, 0.5) is 5.82 Å². The number of furan rings is 1. The van der Waals surface area contributed by atoms with Crippen molar-refractivity contribution < 1.29 is 4.42 Å². The number of anilines is 1. The van der Waals surface area contributed by atoms with Gasteiger partial charge in [-0.25, -0.2) is 15.0 Å². The average molecular weight is 379 g/mol. The van der Waals surface area contributed by atoms with E-state index in [1.807, 2.05) is 12.1 Å². The highest BCUT2D eigenvalue weighted by atomic mass is 32.1. The van der Waals surface area contributed by atoms with Gasteiger partial charge < -0.3 is 9.73 Å². The van der Waals surface area contributed by atoms with E-state index < -0.39 is 0 Å². The summed E-state index contributed by atoms with van der Waals surface area (Å²) in [6.07, 6.45) is 7.88. The second-order valence-corrected chi connectivity index (χ2v) is 8.58. The molecule has 0 atom stereocenters. The van der Waals surface area contributed by atoms with Gasteiger partial charge in [-0.05, 0) is 54.9 Å². The molecule has 0 spiro atoms. The van der Waals surface area contributed by atoms with Gasteiger partial charge in [0, 0.05) is 11.1 Å². The van der Waals surface area contributed by atoms with Gasteiger partial charge >= 0.3 is 0 Å². The van der Waals surface area contributed by atoms with Crippen LogP contribution in [0.2, 0.25) is 0 Å². The van der Waals surface area contributed by atoms with Crippen LogP contribution >= 0.6 is 11.3 Å². The molecule has 0 unspecified atom stereocenters. The molecule has 138 valence electrons. The molecule has 6 heteroatoms. The molecule has 1 N–H and O–H groups in total. The van der Waals surface area contributed by atoms with Crippen molar-refractivity contribution in [2.24, 2.45) is 5.92 Å². The molecule has 0 saturated carbocycles. The first kappa shape index (κ1) is 16.7. The van der Waals surface area contributed by atoms with Crippen LogP contribution in [0.25, 0.3) is 20.4 Å². The van der Waals surface area contributed by atoms with Crippen LogP contribution in [0, 0.1) is 5.92 Å². The molecule has 4 heterocycles. The molecular formula is C21H22N4OS. The lowest BCUT2D eigenvalue weighted by Gasteiger charge is -2.11. The Morgan fingerprint density at radius 3 is 2.93 bits per heavy atom. The number of hydrogen-bond acceptors (Lipinski definition) is 6. The fourth-order valence-electron chi connectivity index (χ4n) is 4.04. The van der Waals surface area contributed by atoms with Crippen LogP contribution in [0.5, 0.6) is 0 Å². The Kier molecular flexibility index (Phi) is 4.08. The molecule has 5 rings (SSSR count). The first-order valence-corrected chi connectivity index (χ1v) is 10.4. The lowest BCUT2D eigenvalue weighted by Crippen LogP contribution is -2.03. The quantitative estimate of drug-likeness (QED) is 0.521. The van der Waals surface area contributed by atoms with Crippen LogP contribution in [0.3, 0.4) is 0 Å². The second-order valence-electron chi connectivity index (χ2n) is 7.58. The summed E-state index contributed by atoms with van der Waals surface area (Å²) >= 11 is 1.70. The number of hydrogen-bond donors (Lipinski definition) is 1. The molecular weight excluding hydrogens is 356 g/mol. The maximum atomic E-state index is 5.42. The molecule has 0 aliphatic heterocycles. The Bertz CT molecular complexity index is 1110. The number of nitrogens with zero attached hydrogens (tertiary/aromatic N) is 3. The molecule has 27 heavy (non-hydrogen) atoms. The largest absolute Gasteiger partial charge is 0.467 e. The summed E-state index contributed by atoms with van der Waals surface area (Å²) in [4.78, 5) is 15.3. The number of rotatable bonds is 5. The van der Waals surface area contributed by atoms with E-state index in [9.17, 15) is 0 Å². The van der Waals surface area contributed by atoms with Crippen LogP contribution in [-0.2, 0) is 25.8 Å². The standard InChI is InChI=1S/C21H22N4OS/c1-12(2)9-16-14-6-3-7-15(14)17-18-19(27-21(17)25-16)20(24-11-23-18)22-10-13-5-4-8-26-13/h4-5,8,11-12H,3,6-7,9-10H2,1-2H3,(H,22,23,24). The van der Waals surface area contributed by atoms with Gasteiger partial charge in [-0.2, -0.15) is 0 Å². The summed E-state index contributed by atoms with van der Waals surface area (Å²) in [5, 5.41) is 4.65. The topological polar surface area (TPSA) is 63.8 Å². The van der Waals surface area contributed by atoms with E-state index in [1.165, 1.54) is 28.6 Å². The first-order valence-electron chi connectivity index (χ1n) is 9.54. The molecule has 0 radical (unpaired) electrons. The van der Waals surface area contributed by atoms with Crippen molar-refractivity contribution in [3.05, 3.63) is 47.3 Å². The monoisotopic (exact) mass is 378 g/mol. The second kappa shape index (κ2) is 6.60. The molecule has 0 saturated heterocycles. The highest BCUT2D eigenvalue weighted by Crippen LogP contribution is 2.41. The van der Waals surface area contributed by atoms with Crippen molar-refractivity contribution >= 4 is 37.6 Å². The van der Waals surface area contributed by atoms with E-state index in [4.69, 9.17) is 9.40 Å². The molecule has 0 bridgehead atoms. The Morgan fingerprint density at radius 2 is 2.11 bits per heavy atom. The number of nitrogens with one attached hydrogen (secondary N) is 1. The predicted molar refractivity (Wildman–Crippen MR) is 109 cm³/mol. The minimum absolute atomic E-state index is 0.609. The van der Waals surface area contributed by atoms with Gasteiger partial charge in [0.15, 0.2) is 0 Å². The Morgan fingerprint density at radius 1 is 1.22 bits per heavy atom. The van der Waals surface area contributed by atoms with Gasteiger partial charge in [0.2, 0.25) is 0 Å². The van der Waals surface area contributed by atoms with E-state index in [0.29, 0.717) is 12.5 Å². The minimum atomic E-state index is 0.609. The normalized spacial score (nSPS) is 13.7. The van der Waals surface area contributed by atoms with Gasteiger partial charge in [0.1, 0.15) is 22.7 Å². The van der Waals surface area contributed by atoms with Crippen LogP contribution < -0.4 is 5.32 Å². The third kappa shape index (κ3) is 2.88. The van der Waals surface area contributed by atoms with Crippen molar-refractivity contribution in [1.82, 2.24) is 15.0 Å². The van der Waals surface area contributed by atoms with E-state index >= 15 is 0 Å². The van der Waals surface area contributed by atoms with Crippen molar-refractivity contribution in [1.29, 1.82) is 0 Å². The highest BCUT2D eigenvalue weighted by molar-refractivity contribution is 7.26. The minimum Gasteiger partial charge on any atom is -0.467 e. The van der Waals surface area contributed by atoms with E-state index in [0.717, 1.165) is 45.9 Å². The van der Waals surface area contributed by atoms with Crippen LogP contribution in [0.1, 0.15) is 42.8 Å². The van der Waals surface area contributed by atoms with Crippen LogP contribution in [0.15, 0.2) is 29.1 Å². The zero-order valence-electron chi connectivity index (χ0n) is 15.6. The maximum absolute atomic E-state index is 5.42. The molecule has 0 amide bonds. The highest BCUT2D eigenvalue weighted by Gasteiger charge is 2.24. The molecule has 5 nitrogen and oxygen atoms in total. The van der Waals surface area contributed by atoms with Gasteiger partial charge in [0.25, 0.3) is 0 Å². The van der Waals surface area contributed by atoms with Crippen molar-refractivity contribution in [3.8, 4) is 0 Å². The Hall–Kier alpha value is -2.47. The van der Waals surface area contributed by atoms with Crippen LogP contribution in [-0.4, -0.2) is 15.0 Å². The Labute approximate surface area is 161 Å². The fraction of sp³-hybridized carbons (Fsp3) is 0.381. The number of pyridine rings is 1. The molecule has 0 fully saturated rings. The van der Waals surface area contributed by atoms with Crippen molar-refractivity contribution in [2.75, 3.05) is 5.32 Å². The lowest BCUT2D eigenvalue weighted by molar-refractivity contribution is 0.518. The number of fused-ring (bicyclic) bond motifs is 5. The van der Waals surface area contributed by atoms with Gasteiger partial charge in [0.05, 0.1) is 23.0 Å².